The summed E-state index contributed by atoms with van der Waals surface area (Å²) < 4.78 is 5.13. The lowest BCUT2D eigenvalue weighted by atomic mass is 10.2. The first-order valence-electron chi connectivity index (χ1n) is 5.61. The number of nitrogens with one attached hydrogen (secondary N) is 1. The van der Waals surface area contributed by atoms with Gasteiger partial charge in [-0.3, -0.25) is 4.79 Å². The van der Waals surface area contributed by atoms with Crippen molar-refractivity contribution in [2.24, 2.45) is 5.92 Å². The van der Waals surface area contributed by atoms with Crippen LogP contribution in [0.2, 0.25) is 0 Å². The Morgan fingerprint density at radius 2 is 2.29 bits per heavy atom. The SMILES string of the molecule is CCNC(C)CC(=O)OCCC1CC1. The number of hydrogen-bond donors (Lipinski definition) is 1. The Bertz CT molecular complexity index is 178. The molecule has 1 unspecified atom stereocenters. The number of ether oxygens (including phenoxy) is 1. The van der Waals surface area contributed by atoms with Crippen molar-refractivity contribution in [3.05, 3.63) is 0 Å². The van der Waals surface area contributed by atoms with E-state index in [0.717, 1.165) is 18.9 Å². The molecule has 0 spiro atoms. The zero-order valence-corrected chi connectivity index (χ0v) is 9.21. The van der Waals surface area contributed by atoms with Crippen molar-refractivity contribution >= 4 is 5.97 Å². The van der Waals surface area contributed by atoms with Gasteiger partial charge in [0, 0.05) is 6.04 Å². The highest BCUT2D eigenvalue weighted by Crippen LogP contribution is 2.32. The van der Waals surface area contributed by atoms with Gasteiger partial charge in [0.15, 0.2) is 0 Å². The van der Waals surface area contributed by atoms with E-state index in [4.69, 9.17) is 4.74 Å². The standard InChI is InChI=1S/C11H21NO2/c1-3-12-9(2)8-11(13)14-7-6-10-4-5-10/h9-10,12H,3-8H2,1-2H3. The summed E-state index contributed by atoms with van der Waals surface area (Å²) in [6.45, 7) is 5.56. The van der Waals surface area contributed by atoms with Gasteiger partial charge in [-0.05, 0) is 25.8 Å². The lowest BCUT2D eigenvalue weighted by Gasteiger charge is -2.11. The summed E-state index contributed by atoms with van der Waals surface area (Å²) in [6, 6.07) is 0.230. The Kier molecular flexibility index (Phi) is 4.94. The molecule has 0 aromatic heterocycles. The highest BCUT2D eigenvalue weighted by Gasteiger charge is 2.21. The Morgan fingerprint density at radius 1 is 1.57 bits per heavy atom. The van der Waals surface area contributed by atoms with Gasteiger partial charge in [-0.1, -0.05) is 19.8 Å². The molecule has 3 heteroatoms. The summed E-state index contributed by atoms with van der Waals surface area (Å²) in [5.74, 6) is 0.771. The Morgan fingerprint density at radius 3 is 2.86 bits per heavy atom. The Balaban J connectivity index is 1.96. The smallest absolute Gasteiger partial charge is 0.307 e. The maximum absolute atomic E-state index is 11.3. The minimum absolute atomic E-state index is 0.0703. The summed E-state index contributed by atoms with van der Waals surface area (Å²) in [5.41, 5.74) is 0. The molecule has 82 valence electrons. The van der Waals surface area contributed by atoms with Gasteiger partial charge in [0.05, 0.1) is 13.0 Å². The fourth-order valence-electron chi connectivity index (χ4n) is 1.48. The minimum atomic E-state index is -0.0703. The van der Waals surface area contributed by atoms with Crippen molar-refractivity contribution < 1.29 is 9.53 Å². The molecular formula is C11H21NO2. The van der Waals surface area contributed by atoms with Gasteiger partial charge in [0.25, 0.3) is 0 Å². The van der Waals surface area contributed by atoms with E-state index in [1.807, 2.05) is 13.8 Å². The van der Waals surface area contributed by atoms with Crippen molar-refractivity contribution in [3.63, 3.8) is 0 Å². The van der Waals surface area contributed by atoms with Crippen molar-refractivity contribution in [2.45, 2.75) is 45.6 Å². The number of rotatable bonds is 7. The summed E-state index contributed by atoms with van der Waals surface area (Å²) >= 11 is 0. The van der Waals surface area contributed by atoms with Gasteiger partial charge in [-0.15, -0.1) is 0 Å². The molecule has 1 aliphatic carbocycles. The topological polar surface area (TPSA) is 38.3 Å². The molecule has 3 nitrogen and oxygen atoms in total. The third-order valence-electron chi connectivity index (χ3n) is 2.51. The van der Waals surface area contributed by atoms with E-state index in [1.54, 1.807) is 0 Å². The average molecular weight is 199 g/mol. The van der Waals surface area contributed by atoms with Crippen LogP contribution >= 0.6 is 0 Å². The molecule has 1 N–H and O–H groups in total. The van der Waals surface area contributed by atoms with Crippen LogP contribution in [-0.4, -0.2) is 25.2 Å². The van der Waals surface area contributed by atoms with Gasteiger partial charge in [0.1, 0.15) is 0 Å². The largest absolute Gasteiger partial charge is 0.466 e. The quantitative estimate of drug-likeness (QED) is 0.634. The van der Waals surface area contributed by atoms with Crippen LogP contribution in [0.1, 0.15) is 39.5 Å². The van der Waals surface area contributed by atoms with Gasteiger partial charge in [-0.25, -0.2) is 0 Å². The lowest BCUT2D eigenvalue weighted by Crippen LogP contribution is -2.28. The molecule has 0 aromatic carbocycles. The van der Waals surface area contributed by atoms with Crippen LogP contribution in [0.15, 0.2) is 0 Å². The molecule has 1 atom stereocenters. The lowest BCUT2D eigenvalue weighted by molar-refractivity contribution is -0.144. The zero-order valence-electron chi connectivity index (χ0n) is 9.21. The molecule has 0 saturated heterocycles. The average Bonchev–Trinajstić information content (AvgIpc) is 2.88. The van der Waals surface area contributed by atoms with E-state index in [2.05, 4.69) is 5.32 Å². The Hall–Kier alpha value is -0.570. The Labute approximate surface area is 86.2 Å². The molecule has 1 fully saturated rings. The van der Waals surface area contributed by atoms with E-state index >= 15 is 0 Å². The van der Waals surface area contributed by atoms with Crippen molar-refractivity contribution in [2.75, 3.05) is 13.2 Å². The van der Waals surface area contributed by atoms with E-state index in [9.17, 15) is 4.79 Å². The highest BCUT2D eigenvalue weighted by atomic mass is 16.5. The van der Waals surface area contributed by atoms with Crippen LogP contribution in [0.4, 0.5) is 0 Å². The second-order valence-electron chi connectivity index (χ2n) is 4.12. The van der Waals surface area contributed by atoms with Crippen LogP contribution in [0, 0.1) is 5.92 Å². The third-order valence-corrected chi connectivity index (χ3v) is 2.51. The molecule has 14 heavy (non-hydrogen) atoms. The third kappa shape index (κ3) is 5.22. The molecule has 0 aromatic rings. The van der Waals surface area contributed by atoms with Gasteiger partial charge in [0.2, 0.25) is 0 Å². The van der Waals surface area contributed by atoms with E-state index in [0.29, 0.717) is 13.0 Å². The summed E-state index contributed by atoms with van der Waals surface area (Å²) in [6.07, 6.45) is 4.19. The fourth-order valence-corrected chi connectivity index (χ4v) is 1.48. The maximum atomic E-state index is 11.3. The van der Waals surface area contributed by atoms with E-state index in [1.165, 1.54) is 12.8 Å². The monoisotopic (exact) mass is 199 g/mol. The van der Waals surface area contributed by atoms with Crippen LogP contribution in [-0.2, 0) is 9.53 Å². The van der Waals surface area contributed by atoms with Gasteiger partial charge >= 0.3 is 5.97 Å². The van der Waals surface area contributed by atoms with Gasteiger partial charge in [-0.2, -0.15) is 0 Å². The number of hydrogen-bond acceptors (Lipinski definition) is 3. The summed E-state index contributed by atoms with van der Waals surface area (Å²) in [5, 5.41) is 3.19. The molecule has 1 saturated carbocycles. The second kappa shape index (κ2) is 6.02. The normalized spacial score (nSPS) is 17.9. The molecule has 1 aliphatic rings. The predicted molar refractivity (Wildman–Crippen MR) is 56.1 cm³/mol. The van der Waals surface area contributed by atoms with Gasteiger partial charge < -0.3 is 10.1 Å². The van der Waals surface area contributed by atoms with E-state index in [-0.39, 0.29) is 12.0 Å². The summed E-state index contributed by atoms with van der Waals surface area (Å²) in [7, 11) is 0. The first-order valence-corrected chi connectivity index (χ1v) is 5.61. The van der Waals surface area contributed by atoms with Crippen molar-refractivity contribution in [1.29, 1.82) is 0 Å². The summed E-state index contributed by atoms with van der Waals surface area (Å²) in [4.78, 5) is 11.3. The molecule has 0 amide bonds. The molecule has 1 rings (SSSR count). The molecular weight excluding hydrogens is 178 g/mol. The number of carbonyl (C=O) groups excluding carboxylic acids is 1. The van der Waals surface area contributed by atoms with E-state index < -0.39 is 0 Å². The maximum Gasteiger partial charge on any atom is 0.307 e. The molecule has 0 heterocycles. The highest BCUT2D eigenvalue weighted by molar-refractivity contribution is 5.70. The number of carbonyl (C=O) groups is 1. The molecule has 0 bridgehead atoms. The van der Waals surface area contributed by atoms with Crippen molar-refractivity contribution in [1.82, 2.24) is 5.32 Å². The molecule has 0 radical (unpaired) electrons. The van der Waals surface area contributed by atoms with Crippen LogP contribution in [0.5, 0.6) is 0 Å². The predicted octanol–water partition coefficient (Wildman–Crippen LogP) is 1.72. The number of esters is 1. The first kappa shape index (κ1) is 11.5. The zero-order chi connectivity index (χ0) is 10.4. The molecule has 0 aliphatic heterocycles. The van der Waals surface area contributed by atoms with Crippen molar-refractivity contribution in [3.8, 4) is 0 Å². The minimum Gasteiger partial charge on any atom is -0.466 e. The second-order valence-corrected chi connectivity index (χ2v) is 4.12. The van der Waals surface area contributed by atoms with Crippen LogP contribution < -0.4 is 5.32 Å². The van der Waals surface area contributed by atoms with Crippen LogP contribution in [0.25, 0.3) is 0 Å². The first-order chi connectivity index (χ1) is 6.72. The fraction of sp³-hybridized carbons (Fsp3) is 0.909. The van der Waals surface area contributed by atoms with Crippen LogP contribution in [0.3, 0.4) is 0 Å².